The first-order valence-corrected chi connectivity index (χ1v) is 11.2. The van der Waals surface area contributed by atoms with Gasteiger partial charge < -0.3 is 15.1 Å². The normalized spacial score (nSPS) is 15.6. The van der Waals surface area contributed by atoms with Gasteiger partial charge in [0, 0.05) is 32.1 Å². The summed E-state index contributed by atoms with van der Waals surface area (Å²) in [7, 11) is 0. The lowest BCUT2D eigenvalue weighted by molar-refractivity contribution is -0.137. The van der Waals surface area contributed by atoms with Crippen molar-refractivity contribution in [1.82, 2.24) is 9.80 Å². The fourth-order valence-corrected chi connectivity index (χ4v) is 4.53. The summed E-state index contributed by atoms with van der Waals surface area (Å²) in [4.78, 5) is 17.5. The topological polar surface area (TPSA) is 64.0 Å². The van der Waals surface area contributed by atoms with E-state index in [9.17, 15) is 15.0 Å². The number of aromatic hydroxyl groups is 2. The first kappa shape index (κ1) is 21.9. The zero-order chi connectivity index (χ0) is 22.5. The van der Waals surface area contributed by atoms with E-state index in [-0.39, 0.29) is 29.4 Å². The van der Waals surface area contributed by atoms with Crippen LogP contribution in [-0.4, -0.2) is 52.1 Å². The summed E-state index contributed by atoms with van der Waals surface area (Å²) >= 11 is 0. The largest absolute Gasteiger partial charge is 0.504 e. The highest BCUT2D eigenvalue weighted by atomic mass is 16.3. The molecule has 0 radical (unpaired) electrons. The molecule has 1 aliphatic rings. The van der Waals surface area contributed by atoms with Crippen LogP contribution >= 0.6 is 0 Å². The highest BCUT2D eigenvalue weighted by Gasteiger charge is 2.29. The maximum Gasteiger partial charge on any atom is 0.225 e. The molecule has 3 aromatic rings. The maximum atomic E-state index is 13.1. The number of carbonyl (C=O) groups is 1. The lowest BCUT2D eigenvalue weighted by Crippen LogP contribution is -2.51. The third-order valence-corrected chi connectivity index (χ3v) is 6.22. The number of piperazine rings is 1. The maximum absolute atomic E-state index is 13.1. The van der Waals surface area contributed by atoms with Crippen LogP contribution in [0.5, 0.6) is 11.5 Å². The van der Waals surface area contributed by atoms with E-state index in [1.165, 1.54) is 23.3 Å². The molecule has 0 spiro atoms. The number of benzene rings is 3. The molecular weight excluding hydrogens is 400 g/mol. The van der Waals surface area contributed by atoms with Crippen LogP contribution < -0.4 is 0 Å². The molecule has 1 atom stereocenters. The minimum atomic E-state index is -0.190. The van der Waals surface area contributed by atoms with Crippen molar-refractivity contribution in [3.63, 3.8) is 0 Å². The molecule has 32 heavy (non-hydrogen) atoms. The van der Waals surface area contributed by atoms with Crippen molar-refractivity contribution in [2.45, 2.75) is 19.4 Å². The van der Waals surface area contributed by atoms with Crippen LogP contribution in [0.2, 0.25) is 0 Å². The molecule has 1 heterocycles. The zero-order valence-corrected chi connectivity index (χ0v) is 18.4. The molecule has 0 aromatic heterocycles. The molecule has 1 fully saturated rings. The van der Waals surface area contributed by atoms with Crippen LogP contribution in [0.15, 0.2) is 78.9 Å². The Hall–Kier alpha value is -3.31. The van der Waals surface area contributed by atoms with Crippen molar-refractivity contribution in [2.24, 2.45) is 5.92 Å². The van der Waals surface area contributed by atoms with Crippen molar-refractivity contribution in [3.05, 3.63) is 95.6 Å². The Morgan fingerprint density at radius 2 is 1.38 bits per heavy atom. The van der Waals surface area contributed by atoms with E-state index in [0.29, 0.717) is 19.5 Å². The van der Waals surface area contributed by atoms with Gasteiger partial charge in [-0.25, -0.2) is 0 Å². The standard InChI is InChI=1S/C27H30N2O3/c1-20(18-21-12-13-24(30)25(31)19-21)27(32)29-16-14-28(15-17-29)26(22-8-4-2-5-9-22)23-10-6-3-7-11-23/h2-13,19-20,26,30-31H,14-18H2,1H3. The minimum Gasteiger partial charge on any atom is -0.504 e. The zero-order valence-electron chi connectivity index (χ0n) is 18.4. The Kier molecular flexibility index (Phi) is 6.76. The van der Waals surface area contributed by atoms with Gasteiger partial charge in [0.25, 0.3) is 0 Å². The molecular formula is C27H30N2O3. The molecule has 1 amide bonds. The third-order valence-electron chi connectivity index (χ3n) is 6.22. The second-order valence-electron chi connectivity index (χ2n) is 8.51. The molecule has 2 N–H and O–H groups in total. The number of phenols is 2. The molecule has 0 aliphatic carbocycles. The molecule has 0 bridgehead atoms. The number of carbonyl (C=O) groups excluding carboxylic acids is 1. The van der Waals surface area contributed by atoms with E-state index in [0.717, 1.165) is 18.7 Å². The second-order valence-corrected chi connectivity index (χ2v) is 8.51. The van der Waals surface area contributed by atoms with Crippen molar-refractivity contribution >= 4 is 5.91 Å². The first-order valence-electron chi connectivity index (χ1n) is 11.2. The number of hydrogen-bond donors (Lipinski definition) is 2. The quantitative estimate of drug-likeness (QED) is 0.575. The van der Waals surface area contributed by atoms with Crippen LogP contribution in [0.25, 0.3) is 0 Å². The Bertz CT molecular complexity index is 992. The van der Waals surface area contributed by atoms with Crippen molar-refractivity contribution in [2.75, 3.05) is 26.2 Å². The van der Waals surface area contributed by atoms with Gasteiger partial charge in [0.15, 0.2) is 11.5 Å². The number of amides is 1. The monoisotopic (exact) mass is 430 g/mol. The van der Waals surface area contributed by atoms with Crippen molar-refractivity contribution in [3.8, 4) is 11.5 Å². The van der Waals surface area contributed by atoms with Crippen LogP contribution in [0.3, 0.4) is 0 Å². The summed E-state index contributed by atoms with van der Waals surface area (Å²) in [6.07, 6.45) is 0.531. The van der Waals surface area contributed by atoms with E-state index in [1.54, 1.807) is 6.07 Å². The fourth-order valence-electron chi connectivity index (χ4n) is 4.53. The van der Waals surface area contributed by atoms with E-state index < -0.39 is 0 Å². The molecule has 3 aromatic carbocycles. The predicted octanol–water partition coefficient (Wildman–Crippen LogP) is 4.21. The third kappa shape index (κ3) is 4.94. The van der Waals surface area contributed by atoms with Gasteiger partial charge in [-0.1, -0.05) is 73.7 Å². The summed E-state index contributed by atoms with van der Waals surface area (Å²) in [5, 5.41) is 19.2. The van der Waals surface area contributed by atoms with Gasteiger partial charge in [0.1, 0.15) is 0 Å². The SMILES string of the molecule is CC(Cc1ccc(O)c(O)c1)C(=O)N1CCN(C(c2ccccc2)c2ccccc2)CC1. The summed E-state index contributed by atoms with van der Waals surface area (Å²) in [6.45, 7) is 4.94. The molecule has 0 saturated carbocycles. The molecule has 1 saturated heterocycles. The first-order chi connectivity index (χ1) is 15.5. The van der Waals surface area contributed by atoms with Gasteiger partial charge in [-0.2, -0.15) is 0 Å². The van der Waals surface area contributed by atoms with Crippen molar-refractivity contribution < 1.29 is 15.0 Å². The highest BCUT2D eigenvalue weighted by Crippen LogP contribution is 2.30. The van der Waals surface area contributed by atoms with E-state index >= 15 is 0 Å². The van der Waals surface area contributed by atoms with Gasteiger partial charge in [-0.15, -0.1) is 0 Å². The van der Waals surface area contributed by atoms with Gasteiger partial charge >= 0.3 is 0 Å². The lowest BCUT2D eigenvalue weighted by Gasteiger charge is -2.40. The Balaban J connectivity index is 1.41. The van der Waals surface area contributed by atoms with E-state index in [2.05, 4.69) is 53.4 Å². The molecule has 5 heteroatoms. The highest BCUT2D eigenvalue weighted by molar-refractivity contribution is 5.79. The summed E-state index contributed by atoms with van der Waals surface area (Å²) < 4.78 is 0. The molecule has 1 unspecified atom stereocenters. The summed E-state index contributed by atoms with van der Waals surface area (Å²) in [5.74, 6) is -0.350. The van der Waals surface area contributed by atoms with Gasteiger partial charge in [0.2, 0.25) is 5.91 Å². The number of phenolic OH excluding ortho intramolecular Hbond substituents is 2. The van der Waals surface area contributed by atoms with E-state index in [4.69, 9.17) is 0 Å². The molecule has 4 rings (SSSR count). The predicted molar refractivity (Wildman–Crippen MR) is 126 cm³/mol. The van der Waals surface area contributed by atoms with Crippen LogP contribution in [0.4, 0.5) is 0 Å². The summed E-state index contributed by atoms with van der Waals surface area (Å²) in [6, 6.07) is 26.0. The number of rotatable bonds is 6. The lowest BCUT2D eigenvalue weighted by atomic mass is 9.96. The van der Waals surface area contributed by atoms with Crippen LogP contribution in [0, 0.1) is 5.92 Å². The van der Waals surface area contributed by atoms with Crippen molar-refractivity contribution in [1.29, 1.82) is 0 Å². The average molecular weight is 431 g/mol. The molecule has 5 nitrogen and oxygen atoms in total. The number of nitrogens with zero attached hydrogens (tertiary/aromatic N) is 2. The second kappa shape index (κ2) is 9.88. The smallest absolute Gasteiger partial charge is 0.225 e. The summed E-state index contributed by atoms with van der Waals surface area (Å²) in [5.41, 5.74) is 3.37. The van der Waals surface area contributed by atoms with Gasteiger partial charge in [0.05, 0.1) is 6.04 Å². The Morgan fingerprint density at radius 1 is 0.812 bits per heavy atom. The average Bonchev–Trinajstić information content (AvgIpc) is 2.83. The minimum absolute atomic E-state index is 0.133. The van der Waals surface area contributed by atoms with Gasteiger partial charge in [-0.3, -0.25) is 9.69 Å². The van der Waals surface area contributed by atoms with Crippen LogP contribution in [-0.2, 0) is 11.2 Å². The fraction of sp³-hybridized carbons (Fsp3) is 0.296. The number of hydrogen-bond acceptors (Lipinski definition) is 4. The molecule has 1 aliphatic heterocycles. The molecule has 166 valence electrons. The van der Waals surface area contributed by atoms with E-state index in [1.807, 2.05) is 24.0 Å². The Labute approximate surface area is 189 Å². The van der Waals surface area contributed by atoms with Crippen LogP contribution in [0.1, 0.15) is 29.7 Å². The van der Waals surface area contributed by atoms with Gasteiger partial charge in [-0.05, 0) is 35.2 Å². The Morgan fingerprint density at radius 3 is 1.91 bits per heavy atom.